The van der Waals surface area contributed by atoms with Crippen molar-refractivity contribution in [1.82, 2.24) is 9.13 Å². The molecule has 0 N–H and O–H groups in total. The lowest BCUT2D eigenvalue weighted by molar-refractivity contribution is 1.18. The van der Waals surface area contributed by atoms with E-state index in [4.69, 9.17) is 0 Å². The van der Waals surface area contributed by atoms with Crippen molar-refractivity contribution in [2.24, 2.45) is 0 Å². The van der Waals surface area contributed by atoms with Gasteiger partial charge in [-0.05, 0) is 83.9 Å². The van der Waals surface area contributed by atoms with E-state index in [1.807, 2.05) is 72.8 Å². The predicted octanol–water partition coefficient (Wildman–Crippen LogP) is 10.8. The fourth-order valence-electron chi connectivity index (χ4n) is 7.46. The summed E-state index contributed by atoms with van der Waals surface area (Å²) in [5, 5.41) is 34.5. The molecule has 0 aliphatic carbocycles. The number of para-hydroxylation sites is 3. The summed E-state index contributed by atoms with van der Waals surface area (Å²) in [5.41, 5.74) is 11.2. The van der Waals surface area contributed by atoms with Gasteiger partial charge in [0.2, 0.25) is 0 Å². The van der Waals surface area contributed by atoms with Crippen molar-refractivity contribution in [2.45, 2.75) is 0 Å². The van der Waals surface area contributed by atoms with Crippen LogP contribution in [0.25, 0.3) is 77.2 Å². The van der Waals surface area contributed by atoms with Crippen molar-refractivity contribution in [3.05, 3.63) is 168 Å². The topological polar surface area (TPSA) is 81.2 Å². The lowest BCUT2D eigenvalue weighted by Crippen LogP contribution is -2.00. The third-order valence-electron chi connectivity index (χ3n) is 9.64. The van der Waals surface area contributed by atoms with Crippen LogP contribution in [0.15, 0.2) is 152 Å². The minimum atomic E-state index is 0.545. The van der Waals surface area contributed by atoms with Crippen molar-refractivity contribution >= 4 is 43.6 Å². The number of rotatable bonds is 4. The Kier molecular flexibility index (Phi) is 6.56. The number of benzene rings is 7. The van der Waals surface area contributed by atoms with Crippen LogP contribution in [0.4, 0.5) is 0 Å². The molecule has 9 rings (SSSR count). The average molecular weight is 636 g/mol. The molecule has 9 aromatic rings. The lowest BCUT2D eigenvalue weighted by Gasteiger charge is -2.18. The highest BCUT2D eigenvalue weighted by atomic mass is 15.0. The summed E-state index contributed by atoms with van der Waals surface area (Å²) in [6.45, 7) is 0. The number of hydrogen-bond donors (Lipinski definition) is 0. The molecule has 2 aromatic heterocycles. The predicted molar refractivity (Wildman–Crippen MR) is 200 cm³/mol. The molecule has 0 amide bonds. The number of aromatic nitrogens is 2. The molecule has 5 nitrogen and oxygen atoms in total. The van der Waals surface area contributed by atoms with Gasteiger partial charge in [0.15, 0.2) is 0 Å². The van der Waals surface area contributed by atoms with Crippen molar-refractivity contribution in [3.63, 3.8) is 0 Å². The monoisotopic (exact) mass is 635 g/mol. The molecular formula is C45H25N5. The molecule has 0 spiro atoms. The maximum atomic E-state index is 10.5. The summed E-state index contributed by atoms with van der Waals surface area (Å²) in [7, 11) is 0. The molecule has 0 aliphatic heterocycles. The molecule has 0 atom stereocenters. The molecule has 2 heterocycles. The first-order valence-electron chi connectivity index (χ1n) is 16.3. The number of nitriles is 3. The largest absolute Gasteiger partial charge is 0.309 e. The molecule has 50 heavy (non-hydrogen) atoms. The Hall–Kier alpha value is -7.39. The Labute approximate surface area is 287 Å². The van der Waals surface area contributed by atoms with Crippen LogP contribution in [0.3, 0.4) is 0 Å². The van der Waals surface area contributed by atoms with Gasteiger partial charge in [-0.15, -0.1) is 0 Å². The van der Waals surface area contributed by atoms with Crippen molar-refractivity contribution < 1.29 is 0 Å². The summed E-state index contributed by atoms with van der Waals surface area (Å²) in [4.78, 5) is 0. The van der Waals surface area contributed by atoms with E-state index in [0.29, 0.717) is 16.7 Å². The van der Waals surface area contributed by atoms with E-state index in [1.54, 1.807) is 0 Å². The highest BCUT2D eigenvalue weighted by Gasteiger charge is 2.20. The smallest absolute Gasteiger partial charge is 0.0998 e. The molecule has 0 unspecified atom stereocenters. The molecule has 0 saturated heterocycles. The van der Waals surface area contributed by atoms with E-state index in [2.05, 4.69) is 106 Å². The Bertz CT molecular complexity index is 2920. The quantitative estimate of drug-likeness (QED) is 0.193. The highest BCUT2D eigenvalue weighted by molar-refractivity contribution is 6.11. The number of fused-ring (bicyclic) bond motifs is 6. The summed E-state index contributed by atoms with van der Waals surface area (Å²) >= 11 is 0. The van der Waals surface area contributed by atoms with Crippen molar-refractivity contribution in [3.8, 4) is 51.8 Å². The molecule has 0 aliphatic rings. The van der Waals surface area contributed by atoms with E-state index in [0.717, 1.165) is 77.2 Å². The standard InChI is InChI=1S/C45H25N5/c46-26-29-18-22-45(50-42-15-7-3-11-35(42)36-12-4-8-16-43(36)50)39(23-29)34-10-2-1-9-33(34)38-25-32(20-19-31(38)28-48)49-41-14-6-5-13-37(41)40-24-30(27-47)17-21-44(40)49/h1-25H. The van der Waals surface area contributed by atoms with Gasteiger partial charge < -0.3 is 9.13 Å². The van der Waals surface area contributed by atoms with Crippen molar-refractivity contribution in [1.29, 1.82) is 15.8 Å². The molecule has 5 heteroatoms. The van der Waals surface area contributed by atoms with Gasteiger partial charge in [-0.25, -0.2) is 0 Å². The number of nitrogens with zero attached hydrogens (tertiary/aromatic N) is 5. The van der Waals surface area contributed by atoms with Crippen molar-refractivity contribution in [2.75, 3.05) is 0 Å². The van der Waals surface area contributed by atoms with E-state index in [9.17, 15) is 15.8 Å². The fourth-order valence-corrected chi connectivity index (χ4v) is 7.46. The van der Waals surface area contributed by atoms with Crippen LogP contribution >= 0.6 is 0 Å². The zero-order valence-corrected chi connectivity index (χ0v) is 26.7. The SMILES string of the molecule is N#Cc1ccc(-n2c3ccccc3c3ccccc32)c(-c2ccccc2-c2cc(-n3c4ccccc4c4cc(C#N)ccc43)ccc2C#N)c1. The average Bonchev–Trinajstić information content (AvgIpc) is 3.70. The first-order valence-corrected chi connectivity index (χ1v) is 16.3. The van der Waals surface area contributed by atoms with E-state index >= 15 is 0 Å². The summed E-state index contributed by atoms with van der Waals surface area (Å²) in [6.07, 6.45) is 0. The Balaban J connectivity index is 1.32. The molecule has 0 radical (unpaired) electrons. The second-order valence-corrected chi connectivity index (χ2v) is 12.3. The lowest BCUT2D eigenvalue weighted by atomic mass is 9.90. The van der Waals surface area contributed by atoms with E-state index < -0.39 is 0 Å². The van der Waals surface area contributed by atoms with Crippen LogP contribution in [0.5, 0.6) is 0 Å². The van der Waals surface area contributed by atoms with Gasteiger partial charge >= 0.3 is 0 Å². The van der Waals surface area contributed by atoms with E-state index in [-0.39, 0.29) is 0 Å². The molecule has 0 bridgehead atoms. The third kappa shape index (κ3) is 4.31. The first-order chi connectivity index (χ1) is 24.7. The summed E-state index contributed by atoms with van der Waals surface area (Å²) in [6, 6.07) is 57.7. The maximum Gasteiger partial charge on any atom is 0.0998 e. The van der Waals surface area contributed by atoms with Crippen LogP contribution in [0.1, 0.15) is 16.7 Å². The van der Waals surface area contributed by atoms with Crippen LogP contribution in [0.2, 0.25) is 0 Å². The van der Waals surface area contributed by atoms with Crippen LogP contribution in [-0.4, -0.2) is 9.13 Å². The van der Waals surface area contributed by atoms with Gasteiger partial charge in [-0.3, -0.25) is 0 Å². The zero-order valence-electron chi connectivity index (χ0n) is 26.7. The molecule has 230 valence electrons. The minimum Gasteiger partial charge on any atom is -0.309 e. The summed E-state index contributed by atoms with van der Waals surface area (Å²) in [5.74, 6) is 0. The van der Waals surface area contributed by atoms with E-state index in [1.165, 1.54) is 0 Å². The zero-order chi connectivity index (χ0) is 33.8. The second kappa shape index (κ2) is 11.4. The number of hydrogen-bond acceptors (Lipinski definition) is 3. The maximum absolute atomic E-state index is 10.5. The normalized spacial score (nSPS) is 11.1. The third-order valence-corrected chi connectivity index (χ3v) is 9.64. The second-order valence-electron chi connectivity index (χ2n) is 12.3. The van der Waals surface area contributed by atoms with Crippen LogP contribution in [0, 0.1) is 34.0 Å². The Morgan fingerprint density at radius 3 is 1.52 bits per heavy atom. The molecular weight excluding hydrogens is 611 g/mol. The van der Waals surface area contributed by atoms with Gasteiger partial charge in [0.05, 0.1) is 62.7 Å². The Morgan fingerprint density at radius 1 is 0.360 bits per heavy atom. The van der Waals surface area contributed by atoms with Crippen LogP contribution in [-0.2, 0) is 0 Å². The first kappa shape index (κ1) is 28.8. The Morgan fingerprint density at radius 2 is 0.880 bits per heavy atom. The fraction of sp³-hybridized carbons (Fsp3) is 0. The van der Waals surface area contributed by atoms with Gasteiger partial charge in [0, 0.05) is 38.4 Å². The van der Waals surface area contributed by atoms with Gasteiger partial charge in [0.1, 0.15) is 0 Å². The van der Waals surface area contributed by atoms with Gasteiger partial charge in [-0.2, -0.15) is 15.8 Å². The molecule has 0 saturated carbocycles. The molecule has 7 aromatic carbocycles. The van der Waals surface area contributed by atoms with Crippen LogP contribution < -0.4 is 0 Å². The highest BCUT2D eigenvalue weighted by Crippen LogP contribution is 2.42. The molecule has 0 fully saturated rings. The van der Waals surface area contributed by atoms with Gasteiger partial charge in [0.25, 0.3) is 0 Å². The minimum absolute atomic E-state index is 0.545. The van der Waals surface area contributed by atoms with Gasteiger partial charge in [-0.1, -0.05) is 78.9 Å². The summed E-state index contributed by atoms with van der Waals surface area (Å²) < 4.78 is 4.46.